The molecule has 0 aliphatic carbocycles. The van der Waals surface area contributed by atoms with E-state index in [-0.39, 0.29) is 12.0 Å². The van der Waals surface area contributed by atoms with Gasteiger partial charge in [0.25, 0.3) is 0 Å². The van der Waals surface area contributed by atoms with Crippen LogP contribution in [0.5, 0.6) is 0 Å². The molecule has 2 heterocycles. The highest BCUT2D eigenvalue weighted by atomic mass is 16.3. The summed E-state index contributed by atoms with van der Waals surface area (Å²) in [7, 11) is 0. The van der Waals surface area contributed by atoms with Crippen LogP contribution in [0, 0.1) is 0 Å². The lowest BCUT2D eigenvalue weighted by Crippen LogP contribution is -2.11. The summed E-state index contributed by atoms with van der Waals surface area (Å²) in [5, 5.41) is 22.5. The normalized spacial score (nSPS) is 11.4. The van der Waals surface area contributed by atoms with Crippen molar-refractivity contribution in [2.45, 2.75) is 32.8 Å². The summed E-state index contributed by atoms with van der Waals surface area (Å²) in [6.07, 6.45) is 1.43. The molecule has 0 fully saturated rings. The Hall–Kier alpha value is -3.00. The largest absolute Gasteiger partial charge is 0.392 e. The molecule has 130 valence electrons. The van der Waals surface area contributed by atoms with Gasteiger partial charge in [-0.15, -0.1) is 0 Å². The minimum absolute atomic E-state index is 0.0142. The molecular formula is C17H21N7O. The summed E-state index contributed by atoms with van der Waals surface area (Å²) in [5.74, 6) is 1.46. The summed E-state index contributed by atoms with van der Waals surface area (Å²) in [5.41, 5.74) is 2.67. The molecule has 0 saturated heterocycles. The predicted molar refractivity (Wildman–Crippen MR) is 96.0 cm³/mol. The number of aromatic nitrogens is 5. The molecule has 0 aliphatic rings. The fourth-order valence-corrected chi connectivity index (χ4v) is 2.12. The summed E-state index contributed by atoms with van der Waals surface area (Å²) >= 11 is 0. The molecule has 1 aromatic carbocycles. The Bertz CT molecular complexity index is 837. The van der Waals surface area contributed by atoms with Gasteiger partial charge in [0.2, 0.25) is 11.9 Å². The molecule has 0 unspecified atom stereocenters. The molecule has 0 amide bonds. The molecule has 3 rings (SSSR count). The Morgan fingerprint density at radius 2 is 1.72 bits per heavy atom. The maximum Gasteiger partial charge on any atom is 0.233 e. The van der Waals surface area contributed by atoms with Crippen molar-refractivity contribution in [3.8, 4) is 0 Å². The van der Waals surface area contributed by atoms with E-state index in [2.05, 4.69) is 56.6 Å². The van der Waals surface area contributed by atoms with Crippen molar-refractivity contribution < 1.29 is 5.11 Å². The van der Waals surface area contributed by atoms with Crippen LogP contribution in [-0.4, -0.2) is 30.3 Å². The van der Waals surface area contributed by atoms with Gasteiger partial charge < -0.3 is 15.7 Å². The highest BCUT2D eigenvalue weighted by Crippen LogP contribution is 2.23. The van der Waals surface area contributed by atoms with Crippen molar-refractivity contribution in [3.05, 3.63) is 47.9 Å². The number of aromatic amines is 1. The topological polar surface area (TPSA) is 112 Å². The van der Waals surface area contributed by atoms with Gasteiger partial charge in [-0.05, 0) is 17.7 Å². The van der Waals surface area contributed by atoms with Crippen molar-refractivity contribution in [2.24, 2.45) is 0 Å². The lowest BCUT2D eigenvalue weighted by molar-refractivity contribution is 0.282. The van der Waals surface area contributed by atoms with Crippen LogP contribution in [0.2, 0.25) is 0 Å². The molecule has 0 spiro atoms. The van der Waals surface area contributed by atoms with E-state index in [9.17, 15) is 0 Å². The van der Waals surface area contributed by atoms with E-state index < -0.39 is 0 Å². The standard InChI is InChI=1S/C17H21N7O/c1-17(2,3)13-8-14(24-23-13)21-16-19-10-18-15(22-16)20-12-6-4-11(9-25)5-7-12/h4-8,10,25H,9H2,1-3H3,(H3,18,19,20,21,22,23,24). The Kier molecular flexibility index (Phi) is 4.62. The Labute approximate surface area is 145 Å². The predicted octanol–water partition coefficient (Wildman–Crippen LogP) is 2.87. The number of nitrogens with one attached hydrogen (secondary N) is 3. The molecule has 0 saturated carbocycles. The average Bonchev–Trinajstić information content (AvgIpc) is 3.05. The van der Waals surface area contributed by atoms with E-state index in [1.807, 2.05) is 30.3 Å². The molecule has 0 aliphatic heterocycles. The molecule has 8 heteroatoms. The number of aliphatic hydroxyl groups is 1. The number of rotatable bonds is 5. The van der Waals surface area contributed by atoms with Gasteiger partial charge in [-0.1, -0.05) is 32.9 Å². The molecule has 8 nitrogen and oxygen atoms in total. The smallest absolute Gasteiger partial charge is 0.233 e. The molecular weight excluding hydrogens is 318 g/mol. The zero-order valence-electron chi connectivity index (χ0n) is 14.4. The maximum atomic E-state index is 9.08. The average molecular weight is 339 g/mol. The van der Waals surface area contributed by atoms with Crippen LogP contribution >= 0.6 is 0 Å². The fraction of sp³-hybridized carbons (Fsp3) is 0.294. The molecule has 0 radical (unpaired) electrons. The Balaban J connectivity index is 1.71. The summed E-state index contributed by atoms with van der Waals surface area (Å²) < 4.78 is 0. The van der Waals surface area contributed by atoms with E-state index >= 15 is 0 Å². The molecule has 3 aromatic rings. The number of anilines is 4. The van der Waals surface area contributed by atoms with Gasteiger partial charge in [0.05, 0.1) is 6.61 Å². The van der Waals surface area contributed by atoms with Gasteiger partial charge in [0.15, 0.2) is 5.82 Å². The lowest BCUT2D eigenvalue weighted by atomic mass is 9.92. The van der Waals surface area contributed by atoms with E-state index in [1.165, 1.54) is 6.33 Å². The van der Waals surface area contributed by atoms with Gasteiger partial charge in [0, 0.05) is 22.9 Å². The molecule has 2 aromatic heterocycles. The summed E-state index contributed by atoms with van der Waals surface area (Å²) in [4.78, 5) is 12.6. The number of nitrogens with zero attached hydrogens (tertiary/aromatic N) is 4. The van der Waals surface area contributed by atoms with Crippen molar-refractivity contribution in [1.82, 2.24) is 25.1 Å². The number of hydrogen-bond acceptors (Lipinski definition) is 7. The van der Waals surface area contributed by atoms with Gasteiger partial charge in [-0.2, -0.15) is 10.1 Å². The Morgan fingerprint density at radius 3 is 2.32 bits per heavy atom. The van der Waals surface area contributed by atoms with Crippen LogP contribution in [0.4, 0.5) is 23.4 Å². The van der Waals surface area contributed by atoms with Crippen LogP contribution in [-0.2, 0) is 12.0 Å². The zero-order chi connectivity index (χ0) is 17.9. The fourth-order valence-electron chi connectivity index (χ4n) is 2.12. The third kappa shape index (κ3) is 4.30. The van der Waals surface area contributed by atoms with Gasteiger partial charge in [-0.25, -0.2) is 9.97 Å². The number of aliphatic hydroxyl groups excluding tert-OH is 1. The van der Waals surface area contributed by atoms with Gasteiger partial charge in [0.1, 0.15) is 6.33 Å². The van der Waals surface area contributed by atoms with Crippen molar-refractivity contribution in [2.75, 3.05) is 10.6 Å². The zero-order valence-corrected chi connectivity index (χ0v) is 14.4. The summed E-state index contributed by atoms with van der Waals surface area (Å²) in [6, 6.07) is 9.31. The SMILES string of the molecule is CC(C)(C)c1cc(Nc2ncnc(Nc3ccc(CO)cc3)n2)n[nH]1. The highest BCUT2D eigenvalue weighted by Gasteiger charge is 2.17. The van der Waals surface area contributed by atoms with Crippen LogP contribution in [0.1, 0.15) is 32.0 Å². The monoisotopic (exact) mass is 339 g/mol. The van der Waals surface area contributed by atoms with E-state index in [0.29, 0.717) is 17.7 Å². The van der Waals surface area contributed by atoms with Crippen LogP contribution in [0.3, 0.4) is 0 Å². The first kappa shape index (κ1) is 16.8. The van der Waals surface area contributed by atoms with Crippen LogP contribution in [0.15, 0.2) is 36.7 Å². The van der Waals surface area contributed by atoms with E-state index in [4.69, 9.17) is 5.11 Å². The van der Waals surface area contributed by atoms with Crippen molar-refractivity contribution in [1.29, 1.82) is 0 Å². The minimum atomic E-state index is -0.0144. The Morgan fingerprint density at radius 1 is 1.04 bits per heavy atom. The number of hydrogen-bond donors (Lipinski definition) is 4. The molecule has 4 N–H and O–H groups in total. The van der Waals surface area contributed by atoms with Crippen LogP contribution < -0.4 is 10.6 Å². The van der Waals surface area contributed by atoms with Gasteiger partial charge >= 0.3 is 0 Å². The van der Waals surface area contributed by atoms with E-state index in [0.717, 1.165) is 16.9 Å². The third-order valence-electron chi connectivity index (χ3n) is 3.59. The van der Waals surface area contributed by atoms with Crippen molar-refractivity contribution in [3.63, 3.8) is 0 Å². The second-order valence-electron chi connectivity index (χ2n) is 6.65. The summed E-state index contributed by atoms with van der Waals surface area (Å²) in [6.45, 7) is 6.34. The number of H-pyrrole nitrogens is 1. The van der Waals surface area contributed by atoms with Crippen LogP contribution in [0.25, 0.3) is 0 Å². The van der Waals surface area contributed by atoms with Gasteiger partial charge in [-0.3, -0.25) is 5.10 Å². The highest BCUT2D eigenvalue weighted by molar-refractivity contribution is 5.56. The quantitative estimate of drug-likeness (QED) is 0.565. The second-order valence-corrected chi connectivity index (χ2v) is 6.65. The third-order valence-corrected chi connectivity index (χ3v) is 3.59. The maximum absolute atomic E-state index is 9.08. The second kappa shape index (κ2) is 6.86. The number of benzene rings is 1. The first-order chi connectivity index (χ1) is 11.9. The van der Waals surface area contributed by atoms with E-state index in [1.54, 1.807) is 0 Å². The first-order valence-electron chi connectivity index (χ1n) is 7.93. The first-order valence-corrected chi connectivity index (χ1v) is 7.93. The van der Waals surface area contributed by atoms with Crippen molar-refractivity contribution >= 4 is 23.4 Å². The lowest BCUT2D eigenvalue weighted by Gasteiger charge is -2.14. The molecule has 0 bridgehead atoms. The molecule has 0 atom stereocenters. The molecule has 25 heavy (non-hydrogen) atoms. The minimum Gasteiger partial charge on any atom is -0.392 e.